The first-order valence-electron chi connectivity index (χ1n) is 9.63. The highest BCUT2D eigenvalue weighted by Gasteiger charge is 2.07. The highest BCUT2D eigenvalue weighted by Crippen LogP contribution is 2.30. The summed E-state index contributed by atoms with van der Waals surface area (Å²) in [5, 5.41) is 4.18. The van der Waals surface area contributed by atoms with Gasteiger partial charge in [0.15, 0.2) is 11.5 Å². The molecular formula is C24H26ClNO2. The predicted octanol–water partition coefficient (Wildman–Crippen LogP) is 6.49. The number of benzene rings is 3. The van der Waals surface area contributed by atoms with Crippen LogP contribution in [0.25, 0.3) is 0 Å². The summed E-state index contributed by atoms with van der Waals surface area (Å²) < 4.78 is 11.8. The minimum atomic E-state index is 0.471. The van der Waals surface area contributed by atoms with Crippen LogP contribution in [0.15, 0.2) is 66.7 Å². The molecule has 0 saturated carbocycles. The van der Waals surface area contributed by atoms with Crippen LogP contribution in [0.3, 0.4) is 0 Å². The molecule has 0 saturated heterocycles. The Hall–Kier alpha value is -2.65. The summed E-state index contributed by atoms with van der Waals surface area (Å²) in [7, 11) is 0. The first-order chi connectivity index (χ1) is 13.7. The van der Waals surface area contributed by atoms with Gasteiger partial charge in [-0.25, -0.2) is 0 Å². The van der Waals surface area contributed by atoms with Gasteiger partial charge in [0.2, 0.25) is 0 Å². The molecule has 1 N–H and O–H groups in total. The second kappa shape index (κ2) is 10.0. The van der Waals surface area contributed by atoms with Crippen LogP contribution in [0, 0.1) is 0 Å². The van der Waals surface area contributed by atoms with Crippen LogP contribution < -0.4 is 14.8 Å². The van der Waals surface area contributed by atoms with Gasteiger partial charge >= 0.3 is 0 Å². The van der Waals surface area contributed by atoms with E-state index in [0.717, 1.165) is 46.3 Å². The molecule has 0 unspecified atom stereocenters. The maximum absolute atomic E-state index is 5.97. The van der Waals surface area contributed by atoms with Crippen molar-refractivity contribution in [2.24, 2.45) is 0 Å². The number of aryl methyl sites for hydroxylation is 1. The van der Waals surface area contributed by atoms with Crippen molar-refractivity contribution in [1.29, 1.82) is 0 Å². The van der Waals surface area contributed by atoms with Gasteiger partial charge < -0.3 is 14.8 Å². The van der Waals surface area contributed by atoms with E-state index in [4.69, 9.17) is 21.1 Å². The van der Waals surface area contributed by atoms with Gasteiger partial charge in [0.25, 0.3) is 0 Å². The lowest BCUT2D eigenvalue weighted by Gasteiger charge is -2.14. The van der Waals surface area contributed by atoms with Gasteiger partial charge in [0, 0.05) is 17.3 Å². The van der Waals surface area contributed by atoms with Crippen LogP contribution in [-0.2, 0) is 19.6 Å². The Morgan fingerprint density at radius 3 is 2.11 bits per heavy atom. The lowest BCUT2D eigenvalue weighted by molar-refractivity contribution is 0.269. The molecular weight excluding hydrogens is 370 g/mol. The molecule has 0 atom stereocenters. The normalized spacial score (nSPS) is 10.5. The molecule has 0 aliphatic rings. The third kappa shape index (κ3) is 5.67. The molecule has 146 valence electrons. The molecule has 3 aromatic carbocycles. The number of nitrogens with one attached hydrogen (secondary N) is 1. The number of anilines is 1. The van der Waals surface area contributed by atoms with Crippen LogP contribution in [-0.4, -0.2) is 6.61 Å². The van der Waals surface area contributed by atoms with Gasteiger partial charge in [-0.3, -0.25) is 0 Å². The zero-order valence-electron chi connectivity index (χ0n) is 16.4. The zero-order chi connectivity index (χ0) is 19.8. The third-order valence-corrected chi connectivity index (χ3v) is 4.73. The molecule has 4 heteroatoms. The molecule has 0 heterocycles. The lowest BCUT2D eigenvalue weighted by atomic mass is 10.1. The number of hydrogen-bond donors (Lipinski definition) is 1. The Kier molecular flexibility index (Phi) is 7.21. The summed E-state index contributed by atoms with van der Waals surface area (Å²) in [5.74, 6) is 1.50. The quantitative estimate of drug-likeness (QED) is 0.449. The van der Waals surface area contributed by atoms with E-state index in [2.05, 4.69) is 42.6 Å². The highest BCUT2D eigenvalue weighted by molar-refractivity contribution is 6.30. The molecule has 0 aliphatic carbocycles. The maximum atomic E-state index is 5.97. The van der Waals surface area contributed by atoms with Crippen molar-refractivity contribution in [2.75, 3.05) is 11.9 Å². The molecule has 0 aliphatic heterocycles. The Labute approximate surface area is 172 Å². The summed E-state index contributed by atoms with van der Waals surface area (Å²) in [4.78, 5) is 0. The number of hydrogen-bond acceptors (Lipinski definition) is 3. The summed E-state index contributed by atoms with van der Waals surface area (Å²) in [5.41, 5.74) is 4.65. The minimum Gasteiger partial charge on any atom is -0.490 e. The molecule has 0 aromatic heterocycles. The molecule has 0 amide bonds. The second-order valence-electron chi connectivity index (χ2n) is 6.53. The summed E-state index contributed by atoms with van der Waals surface area (Å²) in [6.45, 7) is 5.92. The average Bonchev–Trinajstić information content (AvgIpc) is 2.73. The van der Waals surface area contributed by atoms with Crippen LogP contribution in [0.1, 0.15) is 30.5 Å². The zero-order valence-corrected chi connectivity index (χ0v) is 17.1. The van der Waals surface area contributed by atoms with Crippen LogP contribution >= 0.6 is 11.6 Å². The van der Waals surface area contributed by atoms with E-state index in [9.17, 15) is 0 Å². The smallest absolute Gasteiger partial charge is 0.161 e. The molecule has 3 nitrogen and oxygen atoms in total. The minimum absolute atomic E-state index is 0.471. The molecule has 0 spiro atoms. The van der Waals surface area contributed by atoms with Gasteiger partial charge in [0.1, 0.15) is 6.61 Å². The summed E-state index contributed by atoms with van der Waals surface area (Å²) in [6, 6.07) is 22.3. The van der Waals surface area contributed by atoms with Gasteiger partial charge in [-0.1, -0.05) is 48.9 Å². The molecule has 28 heavy (non-hydrogen) atoms. The van der Waals surface area contributed by atoms with Crippen molar-refractivity contribution >= 4 is 17.3 Å². The Morgan fingerprint density at radius 2 is 1.43 bits per heavy atom. The SMILES string of the molecule is CCOc1cc(CNc2ccc(CC)cc2)ccc1OCc1ccc(Cl)cc1. The fourth-order valence-corrected chi connectivity index (χ4v) is 2.98. The van der Waals surface area contributed by atoms with E-state index in [1.165, 1.54) is 5.56 Å². The monoisotopic (exact) mass is 395 g/mol. The first kappa shape index (κ1) is 20.1. The number of halogens is 1. The standard InChI is InChI=1S/C24H26ClNO2/c1-3-18-7-12-22(13-8-18)26-16-20-9-14-23(24(15-20)27-4-2)28-17-19-5-10-21(25)11-6-19/h5-15,26H,3-4,16-17H2,1-2H3. The van der Waals surface area contributed by atoms with Crippen molar-refractivity contribution in [3.05, 3.63) is 88.4 Å². The van der Waals surface area contributed by atoms with Crippen molar-refractivity contribution in [1.82, 2.24) is 0 Å². The topological polar surface area (TPSA) is 30.5 Å². The average molecular weight is 396 g/mol. The molecule has 0 fully saturated rings. The van der Waals surface area contributed by atoms with E-state index in [-0.39, 0.29) is 0 Å². The van der Waals surface area contributed by atoms with Gasteiger partial charge in [-0.2, -0.15) is 0 Å². The van der Waals surface area contributed by atoms with Crippen molar-refractivity contribution in [3.63, 3.8) is 0 Å². The lowest BCUT2D eigenvalue weighted by Crippen LogP contribution is -2.03. The fraction of sp³-hybridized carbons (Fsp3) is 0.250. The van der Waals surface area contributed by atoms with Crippen LogP contribution in [0.2, 0.25) is 5.02 Å². The fourth-order valence-electron chi connectivity index (χ4n) is 2.85. The first-order valence-corrected chi connectivity index (χ1v) is 10.0. The van der Waals surface area contributed by atoms with E-state index >= 15 is 0 Å². The van der Waals surface area contributed by atoms with E-state index in [1.807, 2.05) is 43.3 Å². The second-order valence-corrected chi connectivity index (χ2v) is 6.97. The van der Waals surface area contributed by atoms with Gasteiger partial charge in [0.05, 0.1) is 6.61 Å². The van der Waals surface area contributed by atoms with Gasteiger partial charge in [-0.15, -0.1) is 0 Å². The highest BCUT2D eigenvalue weighted by atomic mass is 35.5. The van der Waals surface area contributed by atoms with Crippen molar-refractivity contribution in [3.8, 4) is 11.5 Å². The Morgan fingerprint density at radius 1 is 0.750 bits per heavy atom. The predicted molar refractivity (Wildman–Crippen MR) is 117 cm³/mol. The van der Waals surface area contributed by atoms with E-state index < -0.39 is 0 Å². The van der Waals surface area contributed by atoms with Gasteiger partial charge in [-0.05, 0) is 66.4 Å². The van der Waals surface area contributed by atoms with Crippen LogP contribution in [0.5, 0.6) is 11.5 Å². The summed E-state index contributed by atoms with van der Waals surface area (Å²) in [6.07, 6.45) is 1.05. The Balaban J connectivity index is 1.64. The van der Waals surface area contributed by atoms with Crippen molar-refractivity contribution < 1.29 is 9.47 Å². The Bertz CT molecular complexity index is 876. The van der Waals surface area contributed by atoms with Crippen molar-refractivity contribution in [2.45, 2.75) is 33.4 Å². The summed E-state index contributed by atoms with van der Waals surface area (Å²) >= 11 is 5.93. The molecule has 0 radical (unpaired) electrons. The van der Waals surface area contributed by atoms with E-state index in [1.54, 1.807) is 0 Å². The number of ether oxygens (including phenoxy) is 2. The molecule has 3 aromatic rings. The van der Waals surface area contributed by atoms with Crippen LogP contribution in [0.4, 0.5) is 5.69 Å². The maximum Gasteiger partial charge on any atom is 0.161 e. The van der Waals surface area contributed by atoms with E-state index in [0.29, 0.717) is 13.2 Å². The largest absolute Gasteiger partial charge is 0.490 e. The third-order valence-electron chi connectivity index (χ3n) is 4.47. The molecule has 3 rings (SSSR count). The number of rotatable bonds is 9. The molecule has 0 bridgehead atoms.